The molecule has 0 aliphatic carbocycles. The topological polar surface area (TPSA) is 105 Å². The Labute approximate surface area is 163 Å². The smallest absolute Gasteiger partial charge is 0.313 e. The lowest BCUT2D eigenvalue weighted by atomic mass is 9.82. The van der Waals surface area contributed by atoms with Crippen LogP contribution in [-0.2, 0) is 9.59 Å². The van der Waals surface area contributed by atoms with Crippen LogP contribution in [0.4, 0.5) is 5.69 Å². The van der Waals surface area contributed by atoms with Crippen LogP contribution >= 0.6 is 0 Å². The minimum Gasteiger partial charge on any atom is -0.366 e. The Bertz CT molecular complexity index is 884. The highest BCUT2D eigenvalue weighted by atomic mass is 16.2. The van der Waals surface area contributed by atoms with Gasteiger partial charge in [0.25, 0.3) is 0 Å². The average Bonchev–Trinajstić information content (AvgIpc) is 2.70. The van der Waals surface area contributed by atoms with Crippen molar-refractivity contribution < 1.29 is 14.4 Å². The fraction of sp³-hybridized carbons (Fsp3) is 0.333. The summed E-state index contributed by atoms with van der Waals surface area (Å²) in [5, 5.41) is 2.53. The van der Waals surface area contributed by atoms with E-state index in [0.717, 1.165) is 12.0 Å². The molecule has 7 nitrogen and oxygen atoms in total. The number of carbonyl (C=O) groups is 3. The van der Waals surface area contributed by atoms with Crippen molar-refractivity contribution in [3.63, 3.8) is 0 Å². The zero-order valence-electron chi connectivity index (χ0n) is 16.0. The Morgan fingerprint density at radius 3 is 2.50 bits per heavy atom. The Kier molecular flexibility index (Phi) is 5.73. The number of likely N-dealkylation sites (tertiary alicyclic amines) is 1. The van der Waals surface area contributed by atoms with Gasteiger partial charge < -0.3 is 16.0 Å². The first-order valence-electron chi connectivity index (χ1n) is 9.28. The average molecular weight is 380 g/mol. The Morgan fingerprint density at radius 1 is 1.11 bits per heavy atom. The predicted octanol–water partition coefficient (Wildman–Crippen LogP) is 2.36. The van der Waals surface area contributed by atoms with Crippen LogP contribution in [0.1, 0.15) is 42.2 Å². The quantitative estimate of drug-likeness (QED) is 0.797. The molecule has 0 spiro atoms. The predicted molar refractivity (Wildman–Crippen MR) is 105 cm³/mol. The largest absolute Gasteiger partial charge is 0.366 e. The van der Waals surface area contributed by atoms with E-state index in [1.54, 1.807) is 4.90 Å². The first kappa shape index (κ1) is 19.5. The summed E-state index contributed by atoms with van der Waals surface area (Å²) in [7, 11) is 0. The van der Waals surface area contributed by atoms with Crippen molar-refractivity contribution in [1.82, 2.24) is 9.88 Å². The summed E-state index contributed by atoms with van der Waals surface area (Å²) in [6.45, 7) is 4.76. The first-order chi connectivity index (χ1) is 13.4. The molecule has 3 amide bonds. The second kappa shape index (κ2) is 8.21. The van der Waals surface area contributed by atoms with Gasteiger partial charge in [-0.2, -0.15) is 0 Å². The molecule has 3 rings (SSSR count). The number of rotatable bonds is 3. The summed E-state index contributed by atoms with van der Waals surface area (Å²) < 4.78 is 0. The zero-order chi connectivity index (χ0) is 20.3. The fourth-order valence-electron chi connectivity index (χ4n) is 3.50. The lowest BCUT2D eigenvalue weighted by molar-refractivity contribution is -0.147. The molecule has 0 saturated carbocycles. The maximum Gasteiger partial charge on any atom is 0.313 e. The monoisotopic (exact) mass is 380 g/mol. The lowest BCUT2D eigenvalue weighted by Gasteiger charge is -2.42. The summed E-state index contributed by atoms with van der Waals surface area (Å²) in [5.41, 5.74) is 6.66. The summed E-state index contributed by atoms with van der Waals surface area (Å²) in [6.07, 6.45) is 3.47. The van der Waals surface area contributed by atoms with Gasteiger partial charge in [0.1, 0.15) is 0 Å². The van der Waals surface area contributed by atoms with Gasteiger partial charge in [-0.3, -0.25) is 19.4 Å². The van der Waals surface area contributed by atoms with Gasteiger partial charge in [0.15, 0.2) is 0 Å². The van der Waals surface area contributed by atoms with Crippen LogP contribution in [0, 0.1) is 11.8 Å². The summed E-state index contributed by atoms with van der Waals surface area (Å²) in [5.74, 6) is -1.29. The van der Waals surface area contributed by atoms with Gasteiger partial charge in [-0.05, 0) is 29.9 Å². The zero-order valence-corrected chi connectivity index (χ0v) is 16.0. The Morgan fingerprint density at radius 2 is 1.82 bits per heavy atom. The third kappa shape index (κ3) is 4.19. The van der Waals surface area contributed by atoms with Crippen molar-refractivity contribution in [2.75, 3.05) is 11.9 Å². The number of anilines is 1. The Hall–Kier alpha value is -3.22. The summed E-state index contributed by atoms with van der Waals surface area (Å²) >= 11 is 0. The molecule has 146 valence electrons. The van der Waals surface area contributed by atoms with Crippen molar-refractivity contribution in [3.05, 3.63) is 59.9 Å². The van der Waals surface area contributed by atoms with E-state index in [1.165, 1.54) is 18.5 Å². The molecule has 1 aliphatic heterocycles. The number of piperidine rings is 1. The number of amides is 3. The molecule has 2 aromatic rings. The van der Waals surface area contributed by atoms with Crippen molar-refractivity contribution in [1.29, 1.82) is 0 Å². The molecule has 1 aliphatic rings. The van der Waals surface area contributed by atoms with Crippen molar-refractivity contribution in [2.24, 2.45) is 17.6 Å². The highest BCUT2D eigenvalue weighted by Gasteiger charge is 2.37. The highest BCUT2D eigenvalue weighted by Crippen LogP contribution is 2.36. The van der Waals surface area contributed by atoms with Gasteiger partial charge in [0, 0.05) is 12.7 Å². The maximum absolute atomic E-state index is 13.0. The second-order valence-electron chi connectivity index (χ2n) is 7.35. The number of primary amides is 1. The van der Waals surface area contributed by atoms with Crippen LogP contribution in [0.25, 0.3) is 0 Å². The van der Waals surface area contributed by atoms with E-state index in [4.69, 9.17) is 5.73 Å². The number of aromatic nitrogens is 1. The fourth-order valence-corrected chi connectivity index (χ4v) is 3.50. The molecule has 3 atom stereocenters. The Balaban J connectivity index is 1.80. The van der Waals surface area contributed by atoms with Gasteiger partial charge in [-0.15, -0.1) is 0 Å². The molecule has 7 heteroatoms. The van der Waals surface area contributed by atoms with Crippen molar-refractivity contribution in [3.8, 4) is 0 Å². The van der Waals surface area contributed by atoms with E-state index in [2.05, 4.69) is 24.1 Å². The number of hydrogen-bond acceptors (Lipinski definition) is 4. The van der Waals surface area contributed by atoms with E-state index in [-0.39, 0.29) is 23.2 Å². The minimum absolute atomic E-state index is 0.152. The van der Waals surface area contributed by atoms with Crippen molar-refractivity contribution >= 4 is 23.4 Å². The molecule has 2 heterocycles. The third-order valence-electron chi connectivity index (χ3n) is 5.35. The standard InChI is InChI=1S/C21H24N4O3/c1-13-8-18(15-6-4-3-5-7-15)25(12-14(13)2)21(28)20(27)24-17-9-16(19(22)26)10-23-11-17/h3-7,9-11,13-14,18H,8,12H2,1-2H3,(H2,22,26)(H,24,27)/t13-,14+,18-/m0/s1. The third-order valence-corrected chi connectivity index (χ3v) is 5.35. The number of pyridine rings is 1. The number of benzene rings is 1. The number of carbonyl (C=O) groups excluding carboxylic acids is 3. The first-order valence-corrected chi connectivity index (χ1v) is 9.28. The van der Waals surface area contributed by atoms with Crippen LogP contribution in [0.3, 0.4) is 0 Å². The normalized spacial score (nSPS) is 21.8. The van der Waals surface area contributed by atoms with Crippen LogP contribution < -0.4 is 11.1 Å². The molecular weight excluding hydrogens is 356 g/mol. The van der Waals surface area contributed by atoms with Gasteiger partial charge in [0.2, 0.25) is 5.91 Å². The van der Waals surface area contributed by atoms with Gasteiger partial charge in [0.05, 0.1) is 23.5 Å². The molecule has 1 aromatic heterocycles. The summed E-state index contributed by atoms with van der Waals surface area (Å²) in [4.78, 5) is 42.4. The van der Waals surface area contributed by atoms with Crippen LogP contribution in [0.15, 0.2) is 48.8 Å². The molecule has 28 heavy (non-hydrogen) atoms. The SMILES string of the molecule is C[C@@H]1CN(C(=O)C(=O)Nc2cncc(C(N)=O)c2)[C@H](c2ccccc2)C[C@@H]1C. The molecule has 1 saturated heterocycles. The van der Waals surface area contributed by atoms with Gasteiger partial charge in [-0.25, -0.2) is 0 Å². The molecule has 1 fully saturated rings. The van der Waals surface area contributed by atoms with Crippen molar-refractivity contribution in [2.45, 2.75) is 26.3 Å². The van der Waals surface area contributed by atoms with Crippen LogP contribution in [-0.4, -0.2) is 34.2 Å². The highest BCUT2D eigenvalue weighted by molar-refractivity contribution is 6.39. The molecule has 0 unspecified atom stereocenters. The van der Waals surface area contributed by atoms with E-state index in [1.807, 2.05) is 30.3 Å². The second-order valence-corrected chi connectivity index (χ2v) is 7.35. The molecule has 0 bridgehead atoms. The number of nitrogens with zero attached hydrogens (tertiary/aromatic N) is 2. The summed E-state index contributed by atoms with van der Waals surface area (Å²) in [6, 6.07) is 11.0. The molecule has 1 aromatic carbocycles. The van der Waals surface area contributed by atoms with E-state index in [9.17, 15) is 14.4 Å². The van der Waals surface area contributed by atoms with Crippen LogP contribution in [0.2, 0.25) is 0 Å². The maximum atomic E-state index is 13.0. The number of hydrogen-bond donors (Lipinski definition) is 2. The van der Waals surface area contributed by atoms with E-state index < -0.39 is 17.7 Å². The van der Waals surface area contributed by atoms with Gasteiger partial charge >= 0.3 is 11.8 Å². The van der Waals surface area contributed by atoms with Crippen LogP contribution in [0.5, 0.6) is 0 Å². The molecule has 0 radical (unpaired) electrons. The van der Waals surface area contributed by atoms with E-state index in [0.29, 0.717) is 12.5 Å². The lowest BCUT2D eigenvalue weighted by Crippen LogP contribution is -2.48. The molecular formula is C21H24N4O3. The minimum atomic E-state index is -0.758. The number of nitrogens with one attached hydrogen (secondary N) is 1. The van der Waals surface area contributed by atoms with E-state index >= 15 is 0 Å². The molecule has 3 N–H and O–H groups in total. The number of nitrogens with two attached hydrogens (primary N) is 1. The van der Waals surface area contributed by atoms with Gasteiger partial charge in [-0.1, -0.05) is 44.2 Å².